The monoisotopic (exact) mass is 541 g/mol. The molecule has 1 aromatic heterocycles. The van der Waals surface area contributed by atoms with Gasteiger partial charge in [0.15, 0.2) is 5.82 Å². The number of likely N-dealkylation sites (N-methyl/N-ethyl adjacent to an activating group) is 2. The SMILES string of the molecule is C=CC(=O)Nc1cc(Nc2ncnc(-c3cc(OC)c(Cl)c(OC)c3)n2)c(OC)cc1N(C)CCN(C)C. The Morgan fingerprint density at radius 2 is 1.63 bits per heavy atom. The summed E-state index contributed by atoms with van der Waals surface area (Å²) in [5, 5.41) is 6.39. The lowest BCUT2D eigenvalue weighted by atomic mass is 10.2. The second kappa shape index (κ2) is 12.9. The number of hydrogen-bond donors (Lipinski definition) is 2. The fourth-order valence-corrected chi connectivity index (χ4v) is 3.78. The standard InChI is InChI=1S/C26H32ClN7O4/c1-8-23(35)30-17-13-18(20(36-5)14-19(17)34(4)10-9-33(2)3)31-26-29-15-28-25(32-26)16-11-21(37-6)24(27)22(12-16)38-7/h8,11-15H,1,9-10H2,2-7H3,(H,30,35)(H,28,29,31,32). The van der Waals surface area contributed by atoms with Crippen molar-refractivity contribution in [2.75, 3.05) is 71.1 Å². The molecule has 0 bridgehead atoms. The molecule has 3 rings (SSSR count). The Morgan fingerprint density at radius 3 is 2.21 bits per heavy atom. The number of anilines is 4. The van der Waals surface area contributed by atoms with Gasteiger partial charge in [0.05, 0.1) is 38.4 Å². The number of carbonyl (C=O) groups excluding carboxylic acids is 1. The van der Waals surface area contributed by atoms with Crippen LogP contribution in [-0.4, -0.2) is 81.3 Å². The van der Waals surface area contributed by atoms with E-state index in [2.05, 4.69) is 37.1 Å². The van der Waals surface area contributed by atoms with Crippen LogP contribution in [0.3, 0.4) is 0 Å². The van der Waals surface area contributed by atoms with Gasteiger partial charge in [0.2, 0.25) is 11.9 Å². The summed E-state index contributed by atoms with van der Waals surface area (Å²) in [6.45, 7) is 5.11. The number of carbonyl (C=O) groups is 1. The predicted octanol–water partition coefficient (Wildman–Crippen LogP) is 4.08. The van der Waals surface area contributed by atoms with Gasteiger partial charge in [0.25, 0.3) is 0 Å². The second-order valence-corrected chi connectivity index (χ2v) is 8.82. The third-order valence-corrected chi connectivity index (χ3v) is 5.95. The Morgan fingerprint density at radius 1 is 0.974 bits per heavy atom. The number of nitrogens with one attached hydrogen (secondary N) is 2. The van der Waals surface area contributed by atoms with Crippen molar-refractivity contribution in [1.29, 1.82) is 0 Å². The van der Waals surface area contributed by atoms with E-state index in [4.69, 9.17) is 25.8 Å². The highest BCUT2D eigenvalue weighted by Crippen LogP contribution is 2.39. The molecule has 0 saturated heterocycles. The molecule has 0 spiro atoms. The normalized spacial score (nSPS) is 10.6. The first-order valence-corrected chi connectivity index (χ1v) is 12.0. The number of rotatable bonds is 12. The van der Waals surface area contributed by atoms with E-state index in [9.17, 15) is 4.79 Å². The highest BCUT2D eigenvalue weighted by molar-refractivity contribution is 6.33. The van der Waals surface area contributed by atoms with Gasteiger partial charge in [0, 0.05) is 31.8 Å². The largest absolute Gasteiger partial charge is 0.495 e. The van der Waals surface area contributed by atoms with Crippen LogP contribution < -0.4 is 29.7 Å². The summed E-state index contributed by atoms with van der Waals surface area (Å²) in [6.07, 6.45) is 2.60. The maximum atomic E-state index is 12.2. The van der Waals surface area contributed by atoms with Gasteiger partial charge in [-0.1, -0.05) is 18.2 Å². The summed E-state index contributed by atoms with van der Waals surface area (Å²) in [4.78, 5) is 29.4. The molecule has 3 aromatic rings. The molecule has 1 amide bonds. The van der Waals surface area contributed by atoms with E-state index in [1.54, 1.807) is 25.3 Å². The quantitative estimate of drug-likeness (QED) is 0.325. The van der Waals surface area contributed by atoms with E-state index in [0.717, 1.165) is 18.8 Å². The van der Waals surface area contributed by atoms with Crippen molar-refractivity contribution < 1.29 is 19.0 Å². The molecule has 0 aliphatic heterocycles. The molecule has 0 saturated carbocycles. The van der Waals surface area contributed by atoms with E-state index < -0.39 is 0 Å². The van der Waals surface area contributed by atoms with Crippen molar-refractivity contribution in [3.8, 4) is 28.6 Å². The number of hydrogen-bond acceptors (Lipinski definition) is 10. The molecule has 0 radical (unpaired) electrons. The predicted molar refractivity (Wildman–Crippen MR) is 150 cm³/mol. The summed E-state index contributed by atoms with van der Waals surface area (Å²) in [5.74, 6) is 1.68. The van der Waals surface area contributed by atoms with E-state index in [0.29, 0.717) is 45.0 Å². The highest BCUT2D eigenvalue weighted by atomic mass is 35.5. The summed E-state index contributed by atoms with van der Waals surface area (Å²) in [6, 6.07) is 7.03. The zero-order chi connectivity index (χ0) is 27.8. The van der Waals surface area contributed by atoms with Gasteiger partial charge in [0.1, 0.15) is 28.6 Å². The van der Waals surface area contributed by atoms with Crippen molar-refractivity contribution in [2.45, 2.75) is 0 Å². The topological polar surface area (TPSA) is 114 Å². The van der Waals surface area contributed by atoms with Crippen LogP contribution in [0, 0.1) is 0 Å². The molecule has 0 unspecified atom stereocenters. The lowest BCUT2D eigenvalue weighted by molar-refractivity contribution is -0.111. The fourth-order valence-electron chi connectivity index (χ4n) is 3.52. The van der Waals surface area contributed by atoms with Crippen LogP contribution in [0.25, 0.3) is 11.4 Å². The minimum atomic E-state index is -0.337. The Hall–Kier alpha value is -4.09. The molecule has 38 heavy (non-hydrogen) atoms. The number of aromatic nitrogens is 3. The van der Waals surface area contributed by atoms with E-state index >= 15 is 0 Å². The van der Waals surface area contributed by atoms with Crippen molar-refractivity contribution in [3.05, 3.63) is 48.3 Å². The van der Waals surface area contributed by atoms with Crippen molar-refractivity contribution in [1.82, 2.24) is 19.9 Å². The van der Waals surface area contributed by atoms with Gasteiger partial charge in [-0.25, -0.2) is 9.97 Å². The molecule has 0 aliphatic carbocycles. The molecular formula is C26H32ClN7O4. The first-order chi connectivity index (χ1) is 18.2. The molecule has 11 nitrogen and oxygen atoms in total. The first kappa shape index (κ1) is 28.5. The summed E-state index contributed by atoms with van der Waals surface area (Å²) >= 11 is 6.30. The molecule has 0 fully saturated rings. The molecule has 12 heteroatoms. The summed E-state index contributed by atoms with van der Waals surface area (Å²) < 4.78 is 16.4. The molecule has 0 aliphatic rings. The Bertz CT molecular complexity index is 1280. The smallest absolute Gasteiger partial charge is 0.247 e. The van der Waals surface area contributed by atoms with Crippen LogP contribution in [0.15, 0.2) is 43.2 Å². The molecule has 2 aromatic carbocycles. The van der Waals surface area contributed by atoms with Crippen molar-refractivity contribution >= 4 is 40.5 Å². The van der Waals surface area contributed by atoms with Gasteiger partial charge in [-0.15, -0.1) is 0 Å². The Balaban J connectivity index is 2.01. The van der Waals surface area contributed by atoms with E-state index in [1.807, 2.05) is 32.1 Å². The molecule has 0 atom stereocenters. The van der Waals surface area contributed by atoms with E-state index in [1.165, 1.54) is 26.6 Å². The number of amides is 1. The lowest BCUT2D eigenvalue weighted by Crippen LogP contribution is -2.29. The van der Waals surface area contributed by atoms with Crippen LogP contribution in [0.4, 0.5) is 23.0 Å². The number of methoxy groups -OCH3 is 3. The lowest BCUT2D eigenvalue weighted by Gasteiger charge is -2.26. The summed E-state index contributed by atoms with van der Waals surface area (Å²) in [5.41, 5.74) is 2.51. The highest BCUT2D eigenvalue weighted by Gasteiger charge is 2.18. The molecular weight excluding hydrogens is 510 g/mol. The van der Waals surface area contributed by atoms with Crippen molar-refractivity contribution in [3.63, 3.8) is 0 Å². The fraction of sp³-hybridized carbons (Fsp3) is 0.308. The maximum absolute atomic E-state index is 12.2. The van der Waals surface area contributed by atoms with Gasteiger partial charge >= 0.3 is 0 Å². The minimum absolute atomic E-state index is 0.260. The first-order valence-electron chi connectivity index (χ1n) is 11.6. The van der Waals surface area contributed by atoms with Crippen LogP contribution in [0.5, 0.6) is 17.2 Å². The second-order valence-electron chi connectivity index (χ2n) is 8.44. The summed E-state index contributed by atoms with van der Waals surface area (Å²) in [7, 11) is 10.5. The Labute approximate surface area is 227 Å². The molecule has 2 N–H and O–H groups in total. The van der Waals surface area contributed by atoms with Crippen molar-refractivity contribution in [2.24, 2.45) is 0 Å². The van der Waals surface area contributed by atoms with Crippen LogP contribution in [0.2, 0.25) is 5.02 Å². The third kappa shape index (κ3) is 6.81. The number of nitrogens with zero attached hydrogens (tertiary/aromatic N) is 5. The van der Waals surface area contributed by atoms with Crippen LogP contribution in [-0.2, 0) is 4.79 Å². The van der Waals surface area contributed by atoms with Gasteiger partial charge < -0.3 is 34.6 Å². The number of benzene rings is 2. The Kier molecular flexibility index (Phi) is 9.69. The average Bonchev–Trinajstić information content (AvgIpc) is 2.92. The third-order valence-electron chi connectivity index (χ3n) is 5.58. The maximum Gasteiger partial charge on any atom is 0.247 e. The van der Waals surface area contributed by atoms with E-state index in [-0.39, 0.29) is 11.9 Å². The zero-order valence-corrected chi connectivity index (χ0v) is 23.1. The van der Waals surface area contributed by atoms with Crippen LogP contribution in [0.1, 0.15) is 0 Å². The van der Waals surface area contributed by atoms with Crippen LogP contribution >= 0.6 is 11.6 Å². The van der Waals surface area contributed by atoms with Gasteiger partial charge in [-0.3, -0.25) is 4.79 Å². The average molecular weight is 542 g/mol. The van der Waals surface area contributed by atoms with Gasteiger partial charge in [-0.2, -0.15) is 4.98 Å². The molecule has 202 valence electrons. The minimum Gasteiger partial charge on any atom is -0.495 e. The number of ether oxygens (including phenoxy) is 3. The van der Waals surface area contributed by atoms with Gasteiger partial charge in [-0.05, 0) is 38.4 Å². The molecule has 1 heterocycles. The number of halogens is 1. The zero-order valence-electron chi connectivity index (χ0n) is 22.3.